The topological polar surface area (TPSA) is 161 Å². The van der Waals surface area contributed by atoms with Gasteiger partial charge in [0.05, 0.1) is 10.5 Å². The summed E-state index contributed by atoms with van der Waals surface area (Å²) in [5, 5.41) is 12.7. The van der Waals surface area contributed by atoms with Crippen molar-refractivity contribution in [2.24, 2.45) is 23.7 Å². The molecule has 1 amide bonds. The van der Waals surface area contributed by atoms with Crippen LogP contribution in [-0.2, 0) is 35.1 Å². The predicted octanol–water partition coefficient (Wildman–Crippen LogP) is 3.07. The number of nitrogens with one attached hydrogen (secondary N) is 2. The van der Waals surface area contributed by atoms with Gasteiger partial charge in [0.25, 0.3) is 5.91 Å². The van der Waals surface area contributed by atoms with Crippen molar-refractivity contribution < 1.29 is 33.8 Å². The number of carboxylic acids is 1. The molecule has 0 saturated carbocycles. The Morgan fingerprint density at radius 2 is 1.84 bits per heavy atom. The van der Waals surface area contributed by atoms with Gasteiger partial charge in [-0.05, 0) is 43.1 Å². The molecule has 0 saturated heterocycles. The van der Waals surface area contributed by atoms with Crippen LogP contribution in [0.25, 0.3) is 11.2 Å². The van der Waals surface area contributed by atoms with Crippen LogP contribution in [0.5, 0.6) is 0 Å². The number of hydrogen-bond donors (Lipinski definition) is 3. The third-order valence-electron chi connectivity index (χ3n) is 6.75. The molecule has 3 rings (SSSR count). The van der Waals surface area contributed by atoms with Crippen LogP contribution in [0, 0.1) is 23.7 Å². The van der Waals surface area contributed by atoms with Gasteiger partial charge in [0.15, 0.2) is 5.65 Å². The van der Waals surface area contributed by atoms with Crippen molar-refractivity contribution in [2.75, 3.05) is 6.54 Å². The van der Waals surface area contributed by atoms with Crippen molar-refractivity contribution in [3.05, 3.63) is 34.8 Å². The number of aromatic amines is 1. The number of rotatable bonds is 10. The first-order valence-corrected chi connectivity index (χ1v) is 12.8. The number of nitrogens with zero attached hydrogens (tertiary/aromatic N) is 2. The van der Waals surface area contributed by atoms with E-state index in [4.69, 9.17) is 21.1 Å². The minimum atomic E-state index is -1.96. The third kappa shape index (κ3) is 7.31. The van der Waals surface area contributed by atoms with E-state index in [1.54, 1.807) is 12.3 Å². The number of amides is 1. The van der Waals surface area contributed by atoms with Crippen LogP contribution in [0.2, 0.25) is 5.02 Å². The zero-order valence-corrected chi connectivity index (χ0v) is 22.7. The molecule has 0 fully saturated rings. The van der Waals surface area contributed by atoms with E-state index in [2.05, 4.69) is 40.2 Å². The van der Waals surface area contributed by atoms with Gasteiger partial charge in [0.2, 0.25) is 12.2 Å². The second kappa shape index (κ2) is 12.4. The number of carboxylic acid groups (broad SMARTS) is 1. The highest BCUT2D eigenvalue weighted by atomic mass is 35.5. The molecule has 11 nitrogen and oxygen atoms in total. The van der Waals surface area contributed by atoms with E-state index in [0.29, 0.717) is 17.1 Å². The average molecular weight is 549 g/mol. The van der Waals surface area contributed by atoms with Gasteiger partial charge in [-0.1, -0.05) is 37.1 Å². The molecular weight excluding hydrogens is 516 g/mol. The smallest absolute Gasteiger partial charge is 0.349 e. The van der Waals surface area contributed by atoms with Gasteiger partial charge in [-0.3, -0.25) is 14.4 Å². The highest BCUT2D eigenvalue weighted by molar-refractivity contribution is 6.31. The van der Waals surface area contributed by atoms with E-state index in [0.717, 1.165) is 37.2 Å². The van der Waals surface area contributed by atoms with Gasteiger partial charge < -0.3 is 24.9 Å². The van der Waals surface area contributed by atoms with Crippen LogP contribution in [0.1, 0.15) is 46.9 Å². The first-order chi connectivity index (χ1) is 17.8. The molecule has 1 aliphatic carbocycles. The summed E-state index contributed by atoms with van der Waals surface area (Å²) >= 11 is 6.04. The lowest BCUT2D eigenvalue weighted by atomic mass is 9.69. The molecule has 0 spiro atoms. The summed E-state index contributed by atoms with van der Waals surface area (Å²) in [5.74, 6) is -2.74. The van der Waals surface area contributed by atoms with Gasteiger partial charge in [-0.2, -0.15) is 0 Å². The number of carbonyl (C=O) groups excluding carboxylic acids is 3. The predicted molar refractivity (Wildman–Crippen MR) is 138 cm³/mol. The van der Waals surface area contributed by atoms with E-state index in [1.165, 1.54) is 0 Å². The molecule has 38 heavy (non-hydrogen) atoms. The molecule has 0 aliphatic heterocycles. The van der Waals surface area contributed by atoms with Crippen molar-refractivity contribution >= 4 is 46.6 Å². The van der Waals surface area contributed by atoms with Crippen molar-refractivity contribution in [3.8, 4) is 0 Å². The summed E-state index contributed by atoms with van der Waals surface area (Å²) in [4.78, 5) is 59.6. The minimum Gasteiger partial charge on any atom is -0.478 e. The summed E-state index contributed by atoms with van der Waals surface area (Å²) in [7, 11) is 0. The second-order valence-corrected chi connectivity index (χ2v) is 10.4. The number of allylic oxidation sites excluding steroid dienone is 1. The largest absolute Gasteiger partial charge is 0.478 e. The van der Waals surface area contributed by atoms with Crippen molar-refractivity contribution in [1.82, 2.24) is 20.3 Å². The zero-order valence-electron chi connectivity index (χ0n) is 22.0. The SMILES string of the molecule is CC(=O)OC(C(=O)O)C(OC(C)=O)C(=O)NCC1C=C(C)C(Cc2nc3ncc(Cl)cc3[nH]2)CC1C(C)C. The van der Waals surface area contributed by atoms with Gasteiger partial charge in [-0.25, -0.2) is 14.8 Å². The number of ether oxygens (including phenoxy) is 2. The molecule has 2 heterocycles. The Hall–Kier alpha value is -3.47. The zero-order chi connectivity index (χ0) is 28.1. The van der Waals surface area contributed by atoms with Crippen LogP contribution < -0.4 is 5.32 Å². The quantitative estimate of drug-likeness (QED) is 0.299. The number of hydrogen-bond acceptors (Lipinski definition) is 8. The summed E-state index contributed by atoms with van der Waals surface area (Å²) < 4.78 is 9.69. The molecule has 5 unspecified atom stereocenters. The standard InChI is InChI=1S/C26H33ClN4O7/c1-12(2)19-7-16(8-21-30-20-9-18(27)11-28-24(20)31-21)13(3)6-17(19)10-29-25(34)22(37-14(4)32)23(26(35)36)38-15(5)33/h6,9,11-12,16-17,19,22-23H,7-8,10H2,1-5H3,(H,29,34)(H,35,36)(H,28,30,31). The molecule has 1 aliphatic rings. The van der Waals surface area contributed by atoms with E-state index >= 15 is 0 Å². The van der Waals surface area contributed by atoms with Gasteiger partial charge in [0, 0.05) is 33.0 Å². The molecule has 0 radical (unpaired) electrons. The Morgan fingerprint density at radius 1 is 1.18 bits per heavy atom. The third-order valence-corrected chi connectivity index (χ3v) is 6.96. The van der Waals surface area contributed by atoms with Gasteiger partial charge >= 0.3 is 17.9 Å². The van der Waals surface area contributed by atoms with Crippen molar-refractivity contribution in [3.63, 3.8) is 0 Å². The highest BCUT2D eigenvalue weighted by Crippen LogP contribution is 2.38. The van der Waals surface area contributed by atoms with E-state index < -0.39 is 36.0 Å². The number of aliphatic carboxylic acids is 1. The normalized spacial score (nSPS) is 20.9. The Labute approximate surface area is 225 Å². The molecule has 3 N–H and O–H groups in total. The number of imidazole rings is 1. The van der Waals surface area contributed by atoms with Crippen LogP contribution in [0.15, 0.2) is 23.9 Å². The number of H-pyrrole nitrogens is 1. The fraction of sp³-hybridized carbons (Fsp3) is 0.538. The Balaban J connectivity index is 1.74. The average Bonchev–Trinajstić information content (AvgIpc) is 3.21. The fourth-order valence-electron chi connectivity index (χ4n) is 4.93. The number of pyridine rings is 1. The lowest BCUT2D eigenvalue weighted by Crippen LogP contribution is -2.51. The molecule has 12 heteroatoms. The van der Waals surface area contributed by atoms with Gasteiger partial charge in [0.1, 0.15) is 5.82 Å². The Morgan fingerprint density at radius 3 is 2.45 bits per heavy atom. The summed E-state index contributed by atoms with van der Waals surface area (Å²) in [5.41, 5.74) is 2.53. The number of fused-ring (bicyclic) bond motifs is 1. The maximum Gasteiger partial charge on any atom is 0.349 e. The van der Waals surface area contributed by atoms with Gasteiger partial charge in [-0.15, -0.1) is 0 Å². The maximum absolute atomic E-state index is 12.9. The molecule has 0 aromatic carbocycles. The van der Waals surface area contributed by atoms with E-state index in [-0.39, 0.29) is 30.2 Å². The lowest BCUT2D eigenvalue weighted by molar-refractivity contribution is -0.180. The first kappa shape index (κ1) is 29.1. The van der Waals surface area contributed by atoms with Crippen LogP contribution in [0.4, 0.5) is 0 Å². The Kier molecular flexibility index (Phi) is 9.48. The summed E-state index contributed by atoms with van der Waals surface area (Å²) in [6.45, 7) is 8.51. The monoisotopic (exact) mass is 548 g/mol. The molecular formula is C26H33ClN4O7. The molecule has 2 aromatic rings. The Bertz CT molecular complexity index is 1240. The van der Waals surface area contributed by atoms with E-state index in [1.807, 2.05) is 6.92 Å². The molecule has 5 atom stereocenters. The second-order valence-electron chi connectivity index (χ2n) is 9.97. The lowest BCUT2D eigenvalue weighted by Gasteiger charge is -2.37. The molecule has 206 valence electrons. The van der Waals surface area contributed by atoms with Crippen LogP contribution in [0.3, 0.4) is 0 Å². The highest BCUT2D eigenvalue weighted by Gasteiger charge is 2.40. The molecule has 0 bridgehead atoms. The van der Waals surface area contributed by atoms with Crippen LogP contribution >= 0.6 is 11.6 Å². The molecule has 2 aromatic heterocycles. The number of halogens is 1. The van der Waals surface area contributed by atoms with Crippen LogP contribution in [-0.4, -0.2) is 62.6 Å². The van der Waals surface area contributed by atoms with E-state index in [9.17, 15) is 24.3 Å². The minimum absolute atomic E-state index is 0.0404. The van der Waals surface area contributed by atoms with Crippen molar-refractivity contribution in [2.45, 2.75) is 59.7 Å². The number of carbonyl (C=O) groups is 4. The summed E-state index contributed by atoms with van der Waals surface area (Å²) in [6.07, 6.45) is 1.45. The number of aromatic nitrogens is 3. The first-order valence-electron chi connectivity index (χ1n) is 12.4. The maximum atomic E-state index is 12.9. The fourth-order valence-corrected chi connectivity index (χ4v) is 5.09. The van der Waals surface area contributed by atoms with Crippen molar-refractivity contribution in [1.29, 1.82) is 0 Å². The summed E-state index contributed by atoms with van der Waals surface area (Å²) in [6, 6.07) is 1.79. The number of esters is 2.